The predicted molar refractivity (Wildman–Crippen MR) is 69.0 cm³/mol. The van der Waals surface area contributed by atoms with E-state index in [1.54, 1.807) is 20.8 Å². The summed E-state index contributed by atoms with van der Waals surface area (Å²) < 4.78 is 28.1. The van der Waals surface area contributed by atoms with Crippen molar-refractivity contribution in [1.82, 2.24) is 5.32 Å². The fourth-order valence-corrected chi connectivity index (χ4v) is 3.23. The number of amides is 1. The number of carbonyl (C=O) groups excluding carboxylic acids is 1. The molecule has 1 saturated heterocycles. The highest BCUT2D eigenvalue weighted by atomic mass is 32.2. The largest absolute Gasteiger partial charge is 0.444 e. The summed E-state index contributed by atoms with van der Waals surface area (Å²) in [4.78, 5) is 11.6. The molecule has 106 valence electrons. The van der Waals surface area contributed by atoms with Gasteiger partial charge < -0.3 is 15.8 Å². The van der Waals surface area contributed by atoms with E-state index in [-0.39, 0.29) is 23.6 Å². The first-order valence-electron chi connectivity index (χ1n) is 6.04. The molecule has 0 aliphatic carbocycles. The third-order valence-electron chi connectivity index (χ3n) is 2.72. The molecule has 18 heavy (non-hydrogen) atoms. The lowest BCUT2D eigenvalue weighted by Gasteiger charge is -2.25. The van der Waals surface area contributed by atoms with Crippen LogP contribution in [-0.2, 0) is 14.6 Å². The van der Waals surface area contributed by atoms with E-state index in [2.05, 4.69) is 5.32 Å². The molecule has 7 heteroatoms. The minimum absolute atomic E-state index is 0.0567. The summed E-state index contributed by atoms with van der Waals surface area (Å²) in [5.74, 6) is 0.141. The average Bonchev–Trinajstić information content (AvgIpc) is 2.28. The summed E-state index contributed by atoms with van der Waals surface area (Å²) in [6.45, 7) is 5.30. The Labute approximate surface area is 108 Å². The quantitative estimate of drug-likeness (QED) is 0.724. The first-order chi connectivity index (χ1) is 8.09. The molecular weight excluding hydrogens is 256 g/mol. The maximum absolute atomic E-state index is 11.6. The van der Waals surface area contributed by atoms with E-state index in [4.69, 9.17) is 10.5 Å². The fraction of sp³-hybridized carbons (Fsp3) is 0.909. The normalized spacial score (nSPS) is 28.2. The number of sulfone groups is 1. The Bertz CT molecular complexity index is 400. The molecule has 0 spiro atoms. The Balaban J connectivity index is 2.58. The van der Waals surface area contributed by atoms with Crippen molar-refractivity contribution in [2.45, 2.75) is 51.3 Å². The minimum atomic E-state index is -3.03. The number of carbonyl (C=O) groups is 1. The van der Waals surface area contributed by atoms with Crippen molar-refractivity contribution in [3.05, 3.63) is 0 Å². The van der Waals surface area contributed by atoms with Gasteiger partial charge in [0.15, 0.2) is 0 Å². The fourth-order valence-electron chi connectivity index (χ4n) is 1.78. The van der Waals surface area contributed by atoms with Gasteiger partial charge in [0.2, 0.25) is 0 Å². The van der Waals surface area contributed by atoms with Crippen LogP contribution in [0.3, 0.4) is 0 Å². The molecule has 1 rings (SSSR count). The van der Waals surface area contributed by atoms with Crippen molar-refractivity contribution >= 4 is 15.9 Å². The van der Waals surface area contributed by atoms with E-state index in [1.165, 1.54) is 0 Å². The summed E-state index contributed by atoms with van der Waals surface area (Å²) in [5, 5.41) is 2.65. The number of ether oxygens (including phenoxy) is 1. The van der Waals surface area contributed by atoms with Gasteiger partial charge in [0, 0.05) is 12.1 Å². The van der Waals surface area contributed by atoms with E-state index >= 15 is 0 Å². The van der Waals surface area contributed by atoms with Crippen LogP contribution in [0.4, 0.5) is 4.79 Å². The molecule has 0 radical (unpaired) electrons. The molecule has 0 aromatic rings. The highest BCUT2D eigenvalue weighted by molar-refractivity contribution is 7.91. The van der Waals surface area contributed by atoms with Gasteiger partial charge in [0.05, 0.1) is 11.5 Å². The number of nitrogens with two attached hydrogens (primary N) is 1. The molecule has 0 saturated carbocycles. The maximum Gasteiger partial charge on any atom is 0.407 e. The molecule has 6 nitrogen and oxygen atoms in total. The number of hydrogen-bond acceptors (Lipinski definition) is 5. The van der Waals surface area contributed by atoms with Crippen LogP contribution >= 0.6 is 0 Å². The van der Waals surface area contributed by atoms with Crippen molar-refractivity contribution in [3.63, 3.8) is 0 Å². The maximum atomic E-state index is 11.6. The van der Waals surface area contributed by atoms with E-state index < -0.39 is 21.5 Å². The van der Waals surface area contributed by atoms with Gasteiger partial charge in [-0.3, -0.25) is 0 Å². The Morgan fingerprint density at radius 1 is 1.28 bits per heavy atom. The van der Waals surface area contributed by atoms with Gasteiger partial charge in [0.25, 0.3) is 0 Å². The smallest absolute Gasteiger partial charge is 0.407 e. The summed E-state index contributed by atoms with van der Waals surface area (Å²) in [5.41, 5.74) is 5.30. The third-order valence-corrected chi connectivity index (χ3v) is 4.44. The predicted octanol–water partition coefficient (Wildman–Crippen LogP) is 0.416. The molecule has 3 N–H and O–H groups in total. The van der Waals surface area contributed by atoms with E-state index in [1.807, 2.05) is 0 Å². The second kappa shape index (κ2) is 5.44. The van der Waals surface area contributed by atoms with E-state index in [0.717, 1.165) is 0 Å². The minimum Gasteiger partial charge on any atom is -0.444 e. The Morgan fingerprint density at radius 3 is 2.39 bits per heavy atom. The number of alkyl carbamates (subject to hydrolysis) is 1. The van der Waals surface area contributed by atoms with Gasteiger partial charge in [-0.2, -0.15) is 0 Å². The Hall–Kier alpha value is -0.820. The van der Waals surface area contributed by atoms with Gasteiger partial charge in [0.1, 0.15) is 15.4 Å². The zero-order valence-corrected chi connectivity index (χ0v) is 11.9. The van der Waals surface area contributed by atoms with Crippen molar-refractivity contribution in [2.24, 2.45) is 5.73 Å². The van der Waals surface area contributed by atoms with Gasteiger partial charge in [-0.1, -0.05) is 0 Å². The highest BCUT2D eigenvalue weighted by Gasteiger charge is 2.29. The molecule has 2 atom stereocenters. The second-order valence-electron chi connectivity index (χ2n) is 5.65. The van der Waals surface area contributed by atoms with Crippen molar-refractivity contribution in [3.8, 4) is 0 Å². The van der Waals surface area contributed by atoms with Crippen molar-refractivity contribution < 1.29 is 17.9 Å². The first kappa shape index (κ1) is 15.2. The molecule has 1 aliphatic rings. The zero-order valence-electron chi connectivity index (χ0n) is 11.1. The molecule has 0 bridgehead atoms. The molecule has 1 amide bonds. The van der Waals surface area contributed by atoms with Crippen LogP contribution in [0.1, 0.15) is 33.6 Å². The topological polar surface area (TPSA) is 98.5 Å². The summed E-state index contributed by atoms with van der Waals surface area (Å²) in [6, 6.07) is -0.702. The molecule has 1 aliphatic heterocycles. The average molecular weight is 278 g/mol. The van der Waals surface area contributed by atoms with Gasteiger partial charge >= 0.3 is 6.09 Å². The van der Waals surface area contributed by atoms with E-state index in [0.29, 0.717) is 12.8 Å². The van der Waals surface area contributed by atoms with Crippen LogP contribution in [0.2, 0.25) is 0 Å². The van der Waals surface area contributed by atoms with Crippen LogP contribution in [-0.4, -0.2) is 43.7 Å². The zero-order chi connectivity index (χ0) is 14.0. The Morgan fingerprint density at radius 2 is 1.83 bits per heavy atom. The summed E-state index contributed by atoms with van der Waals surface area (Å²) in [7, 11) is -3.03. The van der Waals surface area contributed by atoms with Crippen molar-refractivity contribution in [1.29, 1.82) is 0 Å². The van der Waals surface area contributed by atoms with Crippen LogP contribution < -0.4 is 11.1 Å². The molecule has 1 fully saturated rings. The first-order valence-corrected chi connectivity index (χ1v) is 7.87. The molecule has 0 aromatic heterocycles. The Kier molecular flexibility index (Phi) is 4.61. The van der Waals surface area contributed by atoms with E-state index in [9.17, 15) is 13.2 Å². The standard InChI is InChI=1S/C11H22N2O4S/c1-11(2,3)17-10(14)13-9-5-7-18(15,16)6-4-8(9)12/h8-9H,4-7,12H2,1-3H3,(H,13,14)/t8-,9+/m0/s1. The van der Waals surface area contributed by atoms with Gasteiger partial charge in [-0.05, 0) is 33.6 Å². The molecule has 1 heterocycles. The number of nitrogens with one attached hydrogen (secondary N) is 1. The lowest BCUT2D eigenvalue weighted by Crippen LogP contribution is -2.48. The third kappa shape index (κ3) is 5.22. The van der Waals surface area contributed by atoms with Crippen LogP contribution in [0, 0.1) is 0 Å². The summed E-state index contributed by atoms with van der Waals surface area (Å²) >= 11 is 0. The van der Waals surface area contributed by atoms with Crippen molar-refractivity contribution in [2.75, 3.05) is 11.5 Å². The lowest BCUT2D eigenvalue weighted by atomic mass is 10.0. The van der Waals surface area contributed by atoms with Gasteiger partial charge in [-0.15, -0.1) is 0 Å². The monoisotopic (exact) mass is 278 g/mol. The van der Waals surface area contributed by atoms with Crippen LogP contribution in [0.5, 0.6) is 0 Å². The number of rotatable bonds is 1. The SMILES string of the molecule is CC(C)(C)OC(=O)N[C@@H]1CCS(=O)(=O)CC[C@@H]1N. The molecular formula is C11H22N2O4S. The van der Waals surface area contributed by atoms with Crippen LogP contribution in [0.25, 0.3) is 0 Å². The highest BCUT2D eigenvalue weighted by Crippen LogP contribution is 2.13. The van der Waals surface area contributed by atoms with Gasteiger partial charge in [-0.25, -0.2) is 13.2 Å². The van der Waals surface area contributed by atoms with Crippen LogP contribution in [0.15, 0.2) is 0 Å². The summed E-state index contributed by atoms with van der Waals surface area (Å²) in [6.07, 6.45) is 0.146. The molecule has 0 unspecified atom stereocenters. The molecule has 0 aromatic carbocycles. The number of hydrogen-bond donors (Lipinski definition) is 2. The second-order valence-corrected chi connectivity index (χ2v) is 7.95. The lowest BCUT2D eigenvalue weighted by molar-refractivity contribution is 0.0495.